The second-order valence-corrected chi connectivity index (χ2v) is 8.36. The standard InChI is InChI=1S/C25H29N3O3S/c1-2-30-21-10-11-23-19(14-21)13-20(24(29)27-23)17-28(16-18-7-4-3-5-8-18)25(32)26-15-22-9-6-12-31-22/h3-5,7-8,10-11,13-14,22H,2,6,9,12,15-17H2,1H3,(H,26,32)(H,27,29)/t22-/m0/s1. The Morgan fingerprint density at radius 2 is 2.06 bits per heavy atom. The number of hydrogen-bond donors (Lipinski definition) is 2. The van der Waals surface area contributed by atoms with Crippen LogP contribution in [0.2, 0.25) is 0 Å². The molecule has 1 aliphatic rings. The number of nitrogens with zero attached hydrogens (tertiary/aromatic N) is 1. The average molecular weight is 452 g/mol. The molecule has 0 radical (unpaired) electrons. The van der Waals surface area contributed by atoms with Gasteiger partial charge in [0, 0.05) is 36.2 Å². The Kier molecular flexibility index (Phi) is 7.39. The van der Waals surface area contributed by atoms with Gasteiger partial charge in [0.2, 0.25) is 0 Å². The predicted molar refractivity (Wildman–Crippen MR) is 131 cm³/mol. The van der Waals surface area contributed by atoms with Crippen LogP contribution in [0.1, 0.15) is 30.9 Å². The maximum Gasteiger partial charge on any atom is 0.253 e. The SMILES string of the molecule is CCOc1ccc2[nH]c(=O)c(CN(Cc3ccccc3)C(=S)NC[C@@H]3CCCO3)cc2c1. The summed E-state index contributed by atoms with van der Waals surface area (Å²) >= 11 is 5.73. The Morgan fingerprint density at radius 3 is 2.81 bits per heavy atom. The lowest BCUT2D eigenvalue weighted by molar-refractivity contribution is 0.113. The van der Waals surface area contributed by atoms with Crippen LogP contribution in [0.15, 0.2) is 59.4 Å². The number of hydrogen-bond acceptors (Lipinski definition) is 4. The molecule has 6 nitrogen and oxygen atoms in total. The quantitative estimate of drug-likeness (QED) is 0.505. The fourth-order valence-electron chi connectivity index (χ4n) is 3.93. The van der Waals surface area contributed by atoms with E-state index < -0.39 is 0 Å². The summed E-state index contributed by atoms with van der Waals surface area (Å²) in [6, 6.07) is 17.8. The number of benzene rings is 2. The third-order valence-corrected chi connectivity index (χ3v) is 5.98. The lowest BCUT2D eigenvalue weighted by Gasteiger charge is -2.27. The van der Waals surface area contributed by atoms with Crippen LogP contribution in [0.3, 0.4) is 0 Å². The van der Waals surface area contributed by atoms with Gasteiger partial charge in [0.25, 0.3) is 5.56 Å². The number of nitrogens with one attached hydrogen (secondary N) is 2. The first-order chi connectivity index (χ1) is 15.6. The number of H-pyrrole nitrogens is 1. The van der Waals surface area contributed by atoms with Crippen LogP contribution in [0, 0.1) is 0 Å². The van der Waals surface area contributed by atoms with E-state index in [2.05, 4.69) is 22.4 Å². The van der Waals surface area contributed by atoms with Gasteiger partial charge in [-0.25, -0.2) is 0 Å². The molecule has 1 aromatic heterocycles. The molecule has 0 amide bonds. The predicted octanol–water partition coefficient (Wildman–Crippen LogP) is 3.98. The van der Waals surface area contributed by atoms with Crippen molar-refractivity contribution in [2.24, 2.45) is 0 Å². The van der Waals surface area contributed by atoms with Gasteiger partial charge in [-0.15, -0.1) is 0 Å². The molecule has 0 unspecified atom stereocenters. The van der Waals surface area contributed by atoms with E-state index in [0.29, 0.717) is 36.9 Å². The molecule has 0 aliphatic carbocycles. The van der Waals surface area contributed by atoms with Crippen molar-refractivity contribution in [1.29, 1.82) is 0 Å². The summed E-state index contributed by atoms with van der Waals surface area (Å²) in [5.41, 5.74) is 2.46. The van der Waals surface area contributed by atoms with Gasteiger partial charge in [-0.2, -0.15) is 0 Å². The molecule has 32 heavy (non-hydrogen) atoms. The summed E-state index contributed by atoms with van der Waals surface area (Å²) < 4.78 is 11.3. The highest BCUT2D eigenvalue weighted by Gasteiger charge is 2.18. The van der Waals surface area contributed by atoms with Crippen molar-refractivity contribution in [3.63, 3.8) is 0 Å². The summed E-state index contributed by atoms with van der Waals surface area (Å²) in [5, 5.41) is 4.90. The van der Waals surface area contributed by atoms with Crippen molar-refractivity contribution in [3.8, 4) is 5.75 Å². The van der Waals surface area contributed by atoms with Crippen molar-refractivity contribution >= 4 is 28.2 Å². The molecule has 1 atom stereocenters. The van der Waals surface area contributed by atoms with Crippen molar-refractivity contribution < 1.29 is 9.47 Å². The molecule has 0 saturated carbocycles. The van der Waals surface area contributed by atoms with Crippen molar-refractivity contribution in [2.75, 3.05) is 19.8 Å². The van der Waals surface area contributed by atoms with E-state index in [1.165, 1.54) is 0 Å². The lowest BCUT2D eigenvalue weighted by Crippen LogP contribution is -2.42. The molecule has 1 saturated heterocycles. The monoisotopic (exact) mass is 451 g/mol. The van der Waals surface area contributed by atoms with E-state index in [4.69, 9.17) is 21.7 Å². The first kappa shape index (κ1) is 22.3. The maximum absolute atomic E-state index is 12.8. The molecule has 4 rings (SSSR count). The van der Waals surface area contributed by atoms with Crippen LogP contribution in [0.25, 0.3) is 10.9 Å². The minimum atomic E-state index is -0.110. The second kappa shape index (κ2) is 10.6. The van der Waals surface area contributed by atoms with E-state index in [1.54, 1.807) is 0 Å². The van der Waals surface area contributed by atoms with Crippen molar-refractivity contribution in [1.82, 2.24) is 15.2 Å². The summed E-state index contributed by atoms with van der Waals surface area (Å²) in [7, 11) is 0. The number of pyridine rings is 1. The Hall–Kier alpha value is -2.90. The molecule has 1 aliphatic heterocycles. The zero-order chi connectivity index (χ0) is 22.3. The van der Waals surface area contributed by atoms with Gasteiger partial charge in [-0.3, -0.25) is 4.79 Å². The molecule has 2 N–H and O–H groups in total. The number of rotatable bonds is 8. The highest BCUT2D eigenvalue weighted by Crippen LogP contribution is 2.20. The topological polar surface area (TPSA) is 66.6 Å². The lowest BCUT2D eigenvalue weighted by atomic mass is 10.1. The molecule has 0 bridgehead atoms. The fraction of sp³-hybridized carbons (Fsp3) is 0.360. The maximum atomic E-state index is 12.8. The van der Waals surface area contributed by atoms with Gasteiger partial charge < -0.3 is 24.7 Å². The molecule has 0 spiro atoms. The Balaban J connectivity index is 1.57. The summed E-state index contributed by atoms with van der Waals surface area (Å²) in [6.45, 7) is 5.04. The second-order valence-electron chi connectivity index (χ2n) is 7.97. The van der Waals surface area contributed by atoms with Crippen LogP contribution in [-0.2, 0) is 17.8 Å². The zero-order valence-electron chi connectivity index (χ0n) is 18.3. The first-order valence-corrected chi connectivity index (χ1v) is 11.5. The van der Waals surface area contributed by atoms with Gasteiger partial charge in [-0.05, 0) is 61.8 Å². The molecular formula is C25H29N3O3S. The smallest absolute Gasteiger partial charge is 0.253 e. The number of fused-ring (bicyclic) bond motifs is 1. The fourth-order valence-corrected chi connectivity index (χ4v) is 4.14. The average Bonchev–Trinajstić information content (AvgIpc) is 3.32. The van der Waals surface area contributed by atoms with Gasteiger partial charge in [0.05, 0.1) is 19.3 Å². The minimum Gasteiger partial charge on any atom is -0.494 e. The van der Waals surface area contributed by atoms with Crippen LogP contribution in [-0.4, -0.2) is 40.9 Å². The molecule has 2 heterocycles. The molecule has 3 aromatic rings. The zero-order valence-corrected chi connectivity index (χ0v) is 19.1. The van der Waals surface area contributed by atoms with Crippen LogP contribution < -0.4 is 15.6 Å². The molecule has 168 valence electrons. The molecular weight excluding hydrogens is 422 g/mol. The Bertz CT molecular complexity index is 1110. The highest BCUT2D eigenvalue weighted by molar-refractivity contribution is 7.80. The van der Waals surface area contributed by atoms with Gasteiger partial charge in [0.1, 0.15) is 5.75 Å². The first-order valence-electron chi connectivity index (χ1n) is 11.1. The normalized spacial score (nSPS) is 15.6. The van der Waals surface area contributed by atoms with Crippen LogP contribution >= 0.6 is 12.2 Å². The third kappa shape index (κ3) is 5.66. The summed E-state index contributed by atoms with van der Waals surface area (Å²) in [5.74, 6) is 0.785. The number of ether oxygens (including phenoxy) is 2. The number of aromatic nitrogens is 1. The van der Waals surface area contributed by atoms with Crippen molar-refractivity contribution in [3.05, 3.63) is 76.1 Å². The minimum absolute atomic E-state index is 0.110. The number of thiocarbonyl (C=S) groups is 1. The summed E-state index contributed by atoms with van der Waals surface area (Å²) in [6.07, 6.45) is 2.32. The van der Waals surface area contributed by atoms with Gasteiger partial charge >= 0.3 is 0 Å². The van der Waals surface area contributed by atoms with Crippen molar-refractivity contribution in [2.45, 2.75) is 39.0 Å². The Labute approximate surface area is 193 Å². The van der Waals surface area contributed by atoms with E-state index in [-0.39, 0.29) is 11.7 Å². The van der Waals surface area contributed by atoms with E-state index in [9.17, 15) is 4.79 Å². The third-order valence-electron chi connectivity index (χ3n) is 5.57. The van der Waals surface area contributed by atoms with Crippen LogP contribution in [0.4, 0.5) is 0 Å². The highest BCUT2D eigenvalue weighted by atomic mass is 32.1. The largest absolute Gasteiger partial charge is 0.494 e. The summed E-state index contributed by atoms with van der Waals surface area (Å²) in [4.78, 5) is 17.8. The van der Waals surface area contributed by atoms with E-state index in [1.807, 2.05) is 54.3 Å². The van der Waals surface area contributed by atoms with Gasteiger partial charge in [0.15, 0.2) is 5.11 Å². The Morgan fingerprint density at radius 1 is 1.22 bits per heavy atom. The molecule has 1 fully saturated rings. The van der Waals surface area contributed by atoms with E-state index >= 15 is 0 Å². The number of aromatic amines is 1. The van der Waals surface area contributed by atoms with E-state index in [0.717, 1.165) is 41.7 Å². The van der Waals surface area contributed by atoms with Gasteiger partial charge in [-0.1, -0.05) is 30.3 Å². The van der Waals surface area contributed by atoms with Crippen LogP contribution in [0.5, 0.6) is 5.75 Å². The molecule has 2 aromatic carbocycles. The molecule has 7 heteroatoms.